The maximum atomic E-state index is 12.5. The third-order valence-corrected chi connectivity index (χ3v) is 4.29. The number of thiol groups is 1. The zero-order valence-corrected chi connectivity index (χ0v) is 17.1. The molecule has 0 rings (SSSR count). The highest BCUT2D eigenvalue weighted by Gasteiger charge is 2.33. The summed E-state index contributed by atoms with van der Waals surface area (Å²) in [6, 6.07) is -5.13. The van der Waals surface area contributed by atoms with E-state index in [4.69, 9.17) is 10.8 Å². The zero-order chi connectivity index (χ0) is 22.2. The lowest BCUT2D eigenvalue weighted by Crippen LogP contribution is -2.61. The molecule has 0 aromatic heterocycles. The van der Waals surface area contributed by atoms with E-state index in [1.54, 1.807) is 13.8 Å². The Bertz CT molecular complexity index is 571. The van der Waals surface area contributed by atoms with Crippen molar-refractivity contribution in [2.45, 2.75) is 64.1 Å². The Morgan fingerprint density at radius 3 is 1.68 bits per heavy atom. The van der Waals surface area contributed by atoms with Gasteiger partial charge in [-0.2, -0.15) is 12.6 Å². The normalized spacial score (nSPS) is 17.6. The van der Waals surface area contributed by atoms with E-state index in [1.165, 1.54) is 13.8 Å². The van der Waals surface area contributed by atoms with Gasteiger partial charge in [-0.3, -0.25) is 14.4 Å². The molecule has 0 spiro atoms. The van der Waals surface area contributed by atoms with Crippen LogP contribution in [0.4, 0.5) is 0 Å². The molecular weight excluding hydrogens is 392 g/mol. The molecule has 0 heterocycles. The van der Waals surface area contributed by atoms with Crippen LogP contribution < -0.4 is 21.7 Å². The minimum atomic E-state index is -1.44. The second kappa shape index (κ2) is 11.8. The number of carboxylic acid groups (broad SMARTS) is 1. The second-order valence-electron chi connectivity index (χ2n) is 6.81. The lowest BCUT2D eigenvalue weighted by atomic mass is 10.0. The number of aliphatic carboxylic acids is 1. The summed E-state index contributed by atoms with van der Waals surface area (Å²) in [5.74, 6) is -4.33. The van der Waals surface area contributed by atoms with Gasteiger partial charge in [-0.25, -0.2) is 4.79 Å². The first-order chi connectivity index (χ1) is 12.8. The van der Waals surface area contributed by atoms with Crippen molar-refractivity contribution in [3.63, 3.8) is 0 Å². The molecule has 11 nitrogen and oxygen atoms in total. The van der Waals surface area contributed by atoms with Gasteiger partial charge >= 0.3 is 5.97 Å². The van der Waals surface area contributed by atoms with E-state index >= 15 is 0 Å². The monoisotopic (exact) mass is 422 g/mol. The number of aliphatic hydroxyl groups is 2. The number of hydrogen-bond acceptors (Lipinski definition) is 8. The first kappa shape index (κ1) is 26.1. The van der Waals surface area contributed by atoms with Crippen molar-refractivity contribution in [3.8, 4) is 0 Å². The van der Waals surface area contributed by atoms with Crippen LogP contribution in [0.25, 0.3) is 0 Å². The zero-order valence-electron chi connectivity index (χ0n) is 16.2. The van der Waals surface area contributed by atoms with E-state index in [0.29, 0.717) is 0 Å². The highest BCUT2D eigenvalue weighted by Crippen LogP contribution is 2.05. The molecule has 0 aliphatic heterocycles. The van der Waals surface area contributed by atoms with Gasteiger partial charge in [-0.15, -0.1) is 0 Å². The van der Waals surface area contributed by atoms with E-state index < -0.39 is 66.0 Å². The third kappa shape index (κ3) is 8.00. The molecule has 0 fully saturated rings. The topological polar surface area (TPSA) is 191 Å². The Morgan fingerprint density at radius 2 is 1.32 bits per heavy atom. The summed E-state index contributed by atoms with van der Waals surface area (Å²) in [5, 5.41) is 35.1. The van der Waals surface area contributed by atoms with Gasteiger partial charge in [-0.05, 0) is 19.8 Å². The van der Waals surface area contributed by atoms with E-state index in [1.807, 2.05) is 0 Å². The Morgan fingerprint density at radius 1 is 0.857 bits per heavy atom. The average Bonchev–Trinajstić information content (AvgIpc) is 2.59. The van der Waals surface area contributed by atoms with Crippen molar-refractivity contribution < 1.29 is 34.5 Å². The molecule has 28 heavy (non-hydrogen) atoms. The molecule has 12 heteroatoms. The standard InChI is InChI=1S/C16H30N4O7S/c1-6(2)11(14(24)18-9(5-28)16(26)27)19-15(25)12(8(4)22)20-13(23)10(17)7(3)21/h6-12,21-22,28H,5,17H2,1-4H3,(H,18,24)(H,19,25)(H,20,23)(H,26,27). The quantitative estimate of drug-likeness (QED) is 0.164. The van der Waals surface area contributed by atoms with Gasteiger partial charge in [0.15, 0.2) is 0 Å². The van der Waals surface area contributed by atoms with Crippen LogP contribution in [0.15, 0.2) is 0 Å². The van der Waals surface area contributed by atoms with E-state index in [0.717, 1.165) is 0 Å². The number of hydrogen-bond donors (Lipinski definition) is 8. The summed E-state index contributed by atoms with van der Waals surface area (Å²) in [4.78, 5) is 47.9. The van der Waals surface area contributed by atoms with E-state index in [9.17, 15) is 29.4 Å². The number of carboxylic acids is 1. The molecule has 162 valence electrons. The van der Waals surface area contributed by atoms with Crippen LogP contribution >= 0.6 is 12.6 Å². The Labute approximate surface area is 168 Å². The summed E-state index contributed by atoms with van der Waals surface area (Å²) in [7, 11) is 0. The van der Waals surface area contributed by atoms with Gasteiger partial charge in [0.05, 0.1) is 12.2 Å². The smallest absolute Gasteiger partial charge is 0.327 e. The van der Waals surface area contributed by atoms with E-state index in [2.05, 4.69) is 28.6 Å². The lowest BCUT2D eigenvalue weighted by Gasteiger charge is -2.28. The predicted octanol–water partition coefficient (Wildman–Crippen LogP) is -2.80. The third-order valence-electron chi connectivity index (χ3n) is 3.93. The number of rotatable bonds is 11. The van der Waals surface area contributed by atoms with Crippen LogP contribution in [-0.4, -0.2) is 81.1 Å². The predicted molar refractivity (Wildman–Crippen MR) is 103 cm³/mol. The van der Waals surface area contributed by atoms with E-state index in [-0.39, 0.29) is 5.75 Å². The molecule has 0 radical (unpaired) electrons. The Balaban J connectivity index is 5.29. The molecule has 0 bridgehead atoms. The Kier molecular flexibility index (Phi) is 11.0. The molecule has 0 saturated heterocycles. The van der Waals surface area contributed by atoms with Crippen LogP contribution in [-0.2, 0) is 19.2 Å². The lowest BCUT2D eigenvalue weighted by molar-refractivity contribution is -0.142. The van der Waals surface area contributed by atoms with Crippen LogP contribution in [0.1, 0.15) is 27.7 Å². The summed E-state index contributed by atoms with van der Waals surface area (Å²) in [5.41, 5.74) is 5.50. The minimum absolute atomic E-state index is 0.149. The van der Waals surface area contributed by atoms with Crippen LogP contribution in [0.5, 0.6) is 0 Å². The number of carbonyl (C=O) groups is 4. The van der Waals surface area contributed by atoms with Crippen molar-refractivity contribution in [3.05, 3.63) is 0 Å². The highest BCUT2D eigenvalue weighted by molar-refractivity contribution is 7.80. The fraction of sp³-hybridized carbons (Fsp3) is 0.750. The summed E-state index contributed by atoms with van der Waals surface area (Å²) < 4.78 is 0. The number of nitrogens with one attached hydrogen (secondary N) is 3. The number of amides is 3. The largest absolute Gasteiger partial charge is 0.480 e. The van der Waals surface area contributed by atoms with Crippen molar-refractivity contribution in [1.82, 2.24) is 16.0 Å². The first-order valence-electron chi connectivity index (χ1n) is 8.69. The minimum Gasteiger partial charge on any atom is -0.480 e. The number of nitrogens with two attached hydrogens (primary N) is 1. The van der Waals surface area contributed by atoms with Gasteiger partial charge in [-0.1, -0.05) is 13.8 Å². The maximum Gasteiger partial charge on any atom is 0.327 e. The van der Waals surface area contributed by atoms with Gasteiger partial charge in [0.1, 0.15) is 24.2 Å². The molecule has 0 aliphatic carbocycles. The fourth-order valence-corrected chi connectivity index (χ4v) is 2.35. The molecule has 8 N–H and O–H groups in total. The van der Waals surface area contributed by atoms with Gasteiger partial charge < -0.3 is 37.0 Å². The molecule has 6 atom stereocenters. The molecule has 6 unspecified atom stereocenters. The van der Waals surface area contributed by atoms with Crippen LogP contribution in [0, 0.1) is 5.92 Å². The molecule has 0 aromatic rings. The fourth-order valence-electron chi connectivity index (χ4n) is 2.10. The molecular formula is C16H30N4O7S. The van der Waals surface area contributed by atoms with Gasteiger partial charge in [0.2, 0.25) is 17.7 Å². The number of aliphatic hydroxyl groups excluding tert-OH is 2. The van der Waals surface area contributed by atoms with Crippen molar-refractivity contribution in [1.29, 1.82) is 0 Å². The van der Waals surface area contributed by atoms with Gasteiger partial charge in [0, 0.05) is 5.75 Å². The highest BCUT2D eigenvalue weighted by atomic mass is 32.1. The maximum absolute atomic E-state index is 12.5. The SMILES string of the molecule is CC(C)C(NC(=O)C(NC(=O)C(N)C(C)O)C(C)O)C(=O)NC(CS)C(=O)O. The molecule has 0 aliphatic rings. The molecule has 0 aromatic carbocycles. The van der Waals surface area contributed by atoms with Crippen molar-refractivity contribution >= 4 is 36.3 Å². The summed E-state index contributed by atoms with van der Waals surface area (Å²) in [6.07, 6.45) is -2.51. The van der Waals surface area contributed by atoms with Gasteiger partial charge in [0.25, 0.3) is 0 Å². The number of carbonyl (C=O) groups excluding carboxylic acids is 3. The van der Waals surface area contributed by atoms with Crippen molar-refractivity contribution in [2.75, 3.05) is 5.75 Å². The summed E-state index contributed by atoms with van der Waals surface area (Å²) >= 11 is 3.86. The van der Waals surface area contributed by atoms with Crippen LogP contribution in [0.3, 0.4) is 0 Å². The molecule has 3 amide bonds. The summed E-state index contributed by atoms with van der Waals surface area (Å²) in [6.45, 7) is 5.80. The van der Waals surface area contributed by atoms with Crippen molar-refractivity contribution in [2.24, 2.45) is 11.7 Å². The average molecular weight is 423 g/mol. The first-order valence-corrected chi connectivity index (χ1v) is 9.33. The Hall–Kier alpha value is -1.89. The molecule has 0 saturated carbocycles. The second-order valence-corrected chi connectivity index (χ2v) is 7.17. The van der Waals surface area contributed by atoms with Crippen LogP contribution in [0.2, 0.25) is 0 Å².